The van der Waals surface area contributed by atoms with Crippen molar-refractivity contribution in [2.75, 3.05) is 12.7 Å². The lowest BCUT2D eigenvalue weighted by atomic mass is 10.2. The molecule has 0 heterocycles. The summed E-state index contributed by atoms with van der Waals surface area (Å²) in [6.45, 7) is 7.06. The van der Waals surface area contributed by atoms with Crippen LogP contribution in [0.25, 0.3) is 0 Å². The fourth-order valence-corrected chi connectivity index (χ4v) is 0.513. The number of esters is 1. The standard InChI is InChI=1S/C5H10BrO2P.C4H6Br2O.CH5OP.2CH4/c1-5(2,6)4(7)8-3-9;1-4(2,6)3(5)7;2-1-3;;/h3,9H2,1-2H3;1-2H3;2H,1,3H2;2*1H4. The SMILES string of the molecule is C.C.CC(C)(Br)C(=O)Br.CC(C)(Br)C(=O)OCP.OCP. The third kappa shape index (κ3) is 29.9. The van der Waals surface area contributed by atoms with Crippen LogP contribution in [0.4, 0.5) is 0 Å². The van der Waals surface area contributed by atoms with Gasteiger partial charge in [0.1, 0.15) is 10.7 Å². The van der Waals surface area contributed by atoms with Crippen LogP contribution in [0.5, 0.6) is 0 Å². The summed E-state index contributed by atoms with van der Waals surface area (Å²) in [5.74, 6) is -0.238. The van der Waals surface area contributed by atoms with E-state index in [1.165, 1.54) is 0 Å². The monoisotopic (exact) mass is 536 g/mol. The summed E-state index contributed by atoms with van der Waals surface area (Å²) in [4.78, 5) is 21.1. The minimum atomic E-state index is -0.552. The highest BCUT2D eigenvalue weighted by molar-refractivity contribution is 9.20. The summed E-state index contributed by atoms with van der Waals surface area (Å²) in [7, 11) is 4.45. The van der Waals surface area contributed by atoms with Gasteiger partial charge in [-0.15, -0.1) is 9.24 Å². The first-order valence-corrected chi connectivity index (χ1v) is 9.11. The summed E-state index contributed by atoms with van der Waals surface area (Å²) in [5, 5.41) is 7.53. The molecule has 0 saturated carbocycles. The zero-order valence-corrected chi connectivity index (χ0v) is 18.4. The molecule has 0 saturated heterocycles. The minimum absolute atomic E-state index is 0. The molecule has 0 bridgehead atoms. The summed E-state index contributed by atoms with van der Waals surface area (Å²) < 4.78 is 3.69. The highest BCUT2D eigenvalue weighted by Gasteiger charge is 2.24. The highest BCUT2D eigenvalue weighted by Crippen LogP contribution is 2.19. The van der Waals surface area contributed by atoms with E-state index in [1.807, 2.05) is 0 Å². The van der Waals surface area contributed by atoms with E-state index in [-0.39, 0.29) is 31.9 Å². The highest BCUT2D eigenvalue weighted by atomic mass is 79.9. The van der Waals surface area contributed by atoms with Crippen molar-refractivity contribution in [3.63, 3.8) is 0 Å². The van der Waals surface area contributed by atoms with Crippen molar-refractivity contribution in [1.29, 1.82) is 0 Å². The van der Waals surface area contributed by atoms with E-state index in [9.17, 15) is 9.59 Å². The molecule has 9 heteroatoms. The van der Waals surface area contributed by atoms with Gasteiger partial charge in [0, 0.05) is 0 Å². The van der Waals surface area contributed by atoms with Crippen LogP contribution >= 0.6 is 66.3 Å². The fourth-order valence-electron chi connectivity index (χ4n) is 0.247. The number of ether oxygens (including phenoxy) is 1. The van der Waals surface area contributed by atoms with Crippen LogP contribution in [-0.4, -0.2) is 37.1 Å². The minimum Gasteiger partial charge on any atom is -0.461 e. The molecule has 0 radical (unpaired) electrons. The number of carbonyl (C=O) groups is 2. The molecule has 0 aliphatic heterocycles. The summed E-state index contributed by atoms with van der Waals surface area (Å²) in [6.07, 6.45) is 0.522. The van der Waals surface area contributed by atoms with Gasteiger partial charge >= 0.3 is 5.97 Å². The molecule has 0 spiro atoms. The van der Waals surface area contributed by atoms with E-state index in [4.69, 9.17) is 5.11 Å². The molecule has 0 fully saturated rings. The van der Waals surface area contributed by atoms with Gasteiger partial charge in [0.15, 0.2) is 0 Å². The molecule has 0 aliphatic carbocycles. The maximum absolute atomic E-state index is 10.8. The first kappa shape index (κ1) is 33.9. The lowest BCUT2D eigenvalue weighted by Crippen LogP contribution is -2.25. The first-order valence-electron chi connectivity index (χ1n) is 5.10. The van der Waals surface area contributed by atoms with Gasteiger partial charge in [-0.2, -0.15) is 0 Å². The third-order valence-corrected chi connectivity index (χ3v) is 3.54. The van der Waals surface area contributed by atoms with Gasteiger partial charge in [0.25, 0.3) is 0 Å². The lowest BCUT2D eigenvalue weighted by molar-refractivity contribution is -0.143. The van der Waals surface area contributed by atoms with Crippen molar-refractivity contribution < 1.29 is 19.4 Å². The van der Waals surface area contributed by atoms with Gasteiger partial charge in [-0.3, -0.25) is 9.59 Å². The first-order chi connectivity index (χ1) is 8.34. The van der Waals surface area contributed by atoms with Crippen LogP contribution in [0, 0.1) is 0 Å². The number of alkyl halides is 2. The topological polar surface area (TPSA) is 63.6 Å². The van der Waals surface area contributed by atoms with E-state index in [0.717, 1.165) is 0 Å². The van der Waals surface area contributed by atoms with Crippen molar-refractivity contribution in [3.8, 4) is 0 Å². The largest absolute Gasteiger partial charge is 0.461 e. The van der Waals surface area contributed by atoms with Crippen LogP contribution in [0.3, 0.4) is 0 Å². The molecule has 2 unspecified atom stereocenters. The summed E-state index contributed by atoms with van der Waals surface area (Å²) in [6, 6.07) is 0. The second kappa shape index (κ2) is 17.7. The van der Waals surface area contributed by atoms with Crippen LogP contribution < -0.4 is 0 Å². The Balaban J connectivity index is -0.0000000643. The van der Waals surface area contributed by atoms with Gasteiger partial charge < -0.3 is 9.84 Å². The molecule has 0 rings (SSSR count). The van der Waals surface area contributed by atoms with Crippen molar-refractivity contribution >= 4 is 76.9 Å². The van der Waals surface area contributed by atoms with Crippen LogP contribution in [0.1, 0.15) is 42.5 Å². The van der Waals surface area contributed by atoms with E-state index >= 15 is 0 Å². The number of hydrogen-bond acceptors (Lipinski definition) is 4. The molecule has 1 N–H and O–H groups in total. The number of hydrogen-bond donors (Lipinski definition) is 1. The normalized spacial score (nSPS) is 9.43. The fraction of sp³-hybridized carbons (Fsp3) is 0.833. The van der Waals surface area contributed by atoms with Gasteiger partial charge in [0.2, 0.25) is 4.69 Å². The quantitative estimate of drug-likeness (QED) is 0.245. The Kier molecular flexibility index (Phi) is 28.6. The molecule has 21 heavy (non-hydrogen) atoms. The number of halogens is 3. The average molecular weight is 539 g/mol. The Labute approximate surface area is 159 Å². The molecular formula is C12H29Br3O4P2. The predicted octanol–water partition coefficient (Wildman–Crippen LogP) is 4.70. The second-order valence-corrected chi connectivity index (χ2v) is 9.38. The summed E-state index contributed by atoms with van der Waals surface area (Å²) in [5.41, 5.74) is 0. The third-order valence-electron chi connectivity index (χ3n) is 1.17. The van der Waals surface area contributed by atoms with Gasteiger partial charge in [-0.1, -0.05) is 56.0 Å². The Morgan fingerprint density at radius 2 is 1.29 bits per heavy atom. The zero-order valence-electron chi connectivity index (χ0n) is 11.4. The van der Waals surface area contributed by atoms with E-state index < -0.39 is 8.65 Å². The van der Waals surface area contributed by atoms with Crippen LogP contribution in [-0.2, 0) is 14.3 Å². The lowest BCUT2D eigenvalue weighted by Gasteiger charge is -2.12. The Bertz CT molecular complexity index is 264. The van der Waals surface area contributed by atoms with Crippen molar-refractivity contribution in [3.05, 3.63) is 0 Å². The Hall–Kier alpha value is 1.40. The van der Waals surface area contributed by atoms with E-state index in [1.54, 1.807) is 27.7 Å². The number of aliphatic hydroxyl groups is 1. The smallest absolute Gasteiger partial charge is 0.322 e. The van der Waals surface area contributed by atoms with Crippen molar-refractivity contribution in [2.24, 2.45) is 0 Å². The molecule has 0 amide bonds. The van der Waals surface area contributed by atoms with E-state index in [0.29, 0.717) is 6.35 Å². The maximum Gasteiger partial charge on any atom is 0.322 e. The average Bonchev–Trinajstić information content (AvgIpc) is 2.17. The molecule has 4 nitrogen and oxygen atoms in total. The number of rotatable bonds is 3. The molecule has 2 atom stereocenters. The summed E-state index contributed by atoms with van der Waals surface area (Å²) >= 11 is 9.12. The predicted molar refractivity (Wildman–Crippen MR) is 111 cm³/mol. The maximum atomic E-state index is 10.8. The number of aliphatic hydroxyl groups excluding tert-OH is 1. The molecule has 0 aliphatic rings. The Morgan fingerprint density at radius 1 is 1.05 bits per heavy atom. The molecule has 0 aromatic carbocycles. The number of carbonyl (C=O) groups excluding carboxylic acids is 2. The zero-order chi connectivity index (χ0) is 16.3. The van der Waals surface area contributed by atoms with Crippen LogP contribution in [0.15, 0.2) is 0 Å². The van der Waals surface area contributed by atoms with Gasteiger partial charge in [-0.05, 0) is 43.6 Å². The Morgan fingerprint density at radius 3 is 1.33 bits per heavy atom. The van der Waals surface area contributed by atoms with Gasteiger partial charge in [-0.25, -0.2) is 0 Å². The molecule has 0 aromatic rings. The van der Waals surface area contributed by atoms with E-state index in [2.05, 4.69) is 71.0 Å². The molecular weight excluding hydrogens is 510 g/mol. The second-order valence-electron chi connectivity index (χ2n) is 4.00. The molecule has 132 valence electrons. The van der Waals surface area contributed by atoms with Crippen molar-refractivity contribution in [2.45, 2.75) is 51.2 Å². The van der Waals surface area contributed by atoms with Crippen molar-refractivity contribution in [1.82, 2.24) is 0 Å². The van der Waals surface area contributed by atoms with Crippen LogP contribution in [0.2, 0.25) is 0 Å². The molecule has 0 aromatic heterocycles. The van der Waals surface area contributed by atoms with Gasteiger partial charge in [0.05, 0.1) is 10.7 Å².